The van der Waals surface area contributed by atoms with Crippen LogP contribution in [-0.4, -0.2) is 24.3 Å². The molecule has 0 aliphatic rings. The molecule has 0 bridgehead atoms. The summed E-state index contributed by atoms with van der Waals surface area (Å²) in [5.74, 6) is 0.488. The molecule has 3 aromatic carbocycles. The number of ether oxygens (including phenoxy) is 2. The highest BCUT2D eigenvalue weighted by Crippen LogP contribution is 2.28. The number of hydrogen-bond acceptors (Lipinski definition) is 5. The van der Waals surface area contributed by atoms with Crippen molar-refractivity contribution in [2.75, 3.05) is 7.11 Å². The fourth-order valence-electron chi connectivity index (χ4n) is 2.56. The molecule has 6 nitrogen and oxygen atoms in total. The first-order valence-corrected chi connectivity index (χ1v) is 9.11. The summed E-state index contributed by atoms with van der Waals surface area (Å²) in [4.78, 5) is 12.0. The van der Waals surface area contributed by atoms with Crippen molar-refractivity contribution in [3.8, 4) is 17.2 Å². The summed E-state index contributed by atoms with van der Waals surface area (Å²) < 4.78 is 11.2. The van der Waals surface area contributed by atoms with Gasteiger partial charge in [0.2, 0.25) is 0 Å². The maximum Gasteiger partial charge on any atom is 0.275 e. The van der Waals surface area contributed by atoms with Crippen LogP contribution in [0.4, 0.5) is 0 Å². The molecule has 0 unspecified atom stereocenters. The van der Waals surface area contributed by atoms with Crippen molar-refractivity contribution in [1.29, 1.82) is 0 Å². The van der Waals surface area contributed by atoms with Crippen LogP contribution < -0.4 is 14.9 Å². The Bertz CT molecular complexity index is 1040. The number of hydrogen-bond donors (Lipinski definition) is 2. The van der Waals surface area contributed by atoms with Crippen LogP contribution in [0.15, 0.2) is 71.8 Å². The second-order valence-corrected chi connectivity index (χ2v) is 6.48. The largest absolute Gasteiger partial charge is 0.507 e. The number of carbonyl (C=O) groups excluding carboxylic acids is 1. The van der Waals surface area contributed by atoms with Gasteiger partial charge in [0, 0.05) is 5.02 Å². The number of nitrogens with zero attached hydrogens (tertiary/aromatic N) is 1. The summed E-state index contributed by atoms with van der Waals surface area (Å²) in [5.41, 5.74) is 4.17. The first kappa shape index (κ1) is 20.2. The van der Waals surface area contributed by atoms with Gasteiger partial charge in [-0.3, -0.25) is 4.79 Å². The number of nitrogens with one attached hydrogen (secondary N) is 1. The number of para-hydroxylation sites is 1. The van der Waals surface area contributed by atoms with Gasteiger partial charge in [0.05, 0.1) is 18.9 Å². The van der Waals surface area contributed by atoms with Crippen molar-refractivity contribution in [3.63, 3.8) is 0 Å². The van der Waals surface area contributed by atoms with Crippen LogP contribution in [-0.2, 0) is 6.61 Å². The van der Waals surface area contributed by atoms with Crippen LogP contribution in [0, 0.1) is 0 Å². The van der Waals surface area contributed by atoms with E-state index in [-0.39, 0.29) is 11.3 Å². The Balaban J connectivity index is 1.64. The standard InChI is InChI=1S/C22H19ClN2O4/c1-28-21-12-15(13-24-25-22(27)18-7-2-3-8-19(18)26)9-10-20(21)29-14-16-5-4-6-17(23)11-16/h2-13,26H,14H2,1H3,(H,25,27)/b24-13-. The molecule has 0 radical (unpaired) electrons. The van der Waals surface area contributed by atoms with E-state index in [1.807, 2.05) is 18.2 Å². The highest BCUT2D eigenvalue weighted by atomic mass is 35.5. The number of rotatable bonds is 7. The number of amides is 1. The van der Waals surface area contributed by atoms with Crippen LogP contribution in [0.25, 0.3) is 0 Å². The minimum absolute atomic E-state index is 0.108. The number of phenolic OH excluding ortho intramolecular Hbond substituents is 1. The van der Waals surface area contributed by atoms with Crippen molar-refractivity contribution in [2.24, 2.45) is 5.10 Å². The predicted molar refractivity (Wildman–Crippen MR) is 112 cm³/mol. The van der Waals surface area contributed by atoms with Gasteiger partial charge in [-0.1, -0.05) is 35.9 Å². The van der Waals surface area contributed by atoms with Crippen LogP contribution >= 0.6 is 11.6 Å². The number of phenols is 1. The first-order chi connectivity index (χ1) is 14.1. The zero-order valence-corrected chi connectivity index (χ0v) is 16.4. The molecule has 0 aliphatic heterocycles. The summed E-state index contributed by atoms with van der Waals surface area (Å²) >= 11 is 5.99. The minimum Gasteiger partial charge on any atom is -0.507 e. The Labute approximate surface area is 173 Å². The predicted octanol–water partition coefficient (Wildman–Crippen LogP) is 4.40. The summed E-state index contributed by atoms with van der Waals surface area (Å²) in [6.07, 6.45) is 1.47. The molecule has 0 saturated heterocycles. The average Bonchev–Trinajstić information content (AvgIpc) is 2.73. The van der Waals surface area contributed by atoms with Crippen molar-refractivity contribution in [1.82, 2.24) is 5.43 Å². The highest BCUT2D eigenvalue weighted by Gasteiger charge is 2.09. The van der Waals surface area contributed by atoms with Crippen LogP contribution in [0.1, 0.15) is 21.5 Å². The molecular formula is C22H19ClN2O4. The van der Waals surface area contributed by atoms with Gasteiger partial charge in [0.15, 0.2) is 11.5 Å². The Kier molecular flexibility index (Phi) is 6.71. The Morgan fingerprint density at radius 3 is 2.69 bits per heavy atom. The summed E-state index contributed by atoms with van der Waals surface area (Å²) in [6, 6.07) is 18.9. The van der Waals surface area contributed by atoms with E-state index in [1.54, 1.807) is 43.5 Å². The number of methoxy groups -OCH3 is 1. The van der Waals surface area contributed by atoms with Crippen molar-refractivity contribution in [3.05, 3.63) is 88.4 Å². The lowest BCUT2D eigenvalue weighted by atomic mass is 10.2. The molecule has 7 heteroatoms. The third-order valence-electron chi connectivity index (χ3n) is 4.00. The molecule has 3 aromatic rings. The van der Waals surface area contributed by atoms with E-state index in [0.717, 1.165) is 5.56 Å². The second kappa shape index (κ2) is 9.61. The maximum atomic E-state index is 12.0. The third-order valence-corrected chi connectivity index (χ3v) is 4.23. The van der Waals surface area contributed by atoms with Crippen molar-refractivity contribution < 1.29 is 19.4 Å². The van der Waals surface area contributed by atoms with Gasteiger partial charge in [-0.15, -0.1) is 0 Å². The lowest BCUT2D eigenvalue weighted by molar-refractivity contribution is 0.0952. The topological polar surface area (TPSA) is 80.2 Å². The van der Waals surface area contributed by atoms with E-state index >= 15 is 0 Å². The number of benzene rings is 3. The van der Waals surface area contributed by atoms with E-state index in [1.165, 1.54) is 18.3 Å². The van der Waals surface area contributed by atoms with Crippen molar-refractivity contribution >= 4 is 23.7 Å². The molecule has 2 N–H and O–H groups in total. The number of hydrazone groups is 1. The Morgan fingerprint density at radius 1 is 1.10 bits per heavy atom. The van der Waals surface area contributed by atoms with E-state index in [0.29, 0.717) is 28.7 Å². The molecular weight excluding hydrogens is 392 g/mol. The Morgan fingerprint density at radius 2 is 1.93 bits per heavy atom. The zero-order chi connectivity index (χ0) is 20.6. The SMILES string of the molecule is COc1cc(/C=N\NC(=O)c2ccccc2O)ccc1OCc1cccc(Cl)c1. The lowest BCUT2D eigenvalue weighted by Gasteiger charge is -2.11. The molecule has 0 aliphatic carbocycles. The molecule has 0 aromatic heterocycles. The van der Waals surface area contributed by atoms with Gasteiger partial charge < -0.3 is 14.6 Å². The van der Waals surface area contributed by atoms with E-state index < -0.39 is 5.91 Å². The van der Waals surface area contributed by atoms with Gasteiger partial charge in [-0.25, -0.2) is 5.43 Å². The fourth-order valence-corrected chi connectivity index (χ4v) is 2.78. The van der Waals surface area contributed by atoms with Gasteiger partial charge in [0.25, 0.3) is 5.91 Å². The average molecular weight is 411 g/mol. The smallest absolute Gasteiger partial charge is 0.275 e. The molecule has 0 heterocycles. The molecule has 148 valence electrons. The summed E-state index contributed by atoms with van der Waals surface area (Å²) in [6.45, 7) is 0.348. The van der Waals surface area contributed by atoms with Crippen LogP contribution in [0.5, 0.6) is 17.2 Å². The van der Waals surface area contributed by atoms with Crippen LogP contribution in [0.3, 0.4) is 0 Å². The van der Waals surface area contributed by atoms with E-state index in [4.69, 9.17) is 21.1 Å². The normalized spacial score (nSPS) is 10.7. The number of halogens is 1. The van der Waals surface area contributed by atoms with Crippen molar-refractivity contribution in [2.45, 2.75) is 6.61 Å². The zero-order valence-electron chi connectivity index (χ0n) is 15.6. The molecule has 29 heavy (non-hydrogen) atoms. The monoisotopic (exact) mass is 410 g/mol. The lowest BCUT2D eigenvalue weighted by Crippen LogP contribution is -2.17. The van der Waals surface area contributed by atoms with Gasteiger partial charge in [-0.05, 0) is 53.6 Å². The third kappa shape index (κ3) is 5.49. The van der Waals surface area contributed by atoms with Gasteiger partial charge >= 0.3 is 0 Å². The first-order valence-electron chi connectivity index (χ1n) is 8.73. The minimum atomic E-state index is -0.507. The quantitative estimate of drug-likeness (QED) is 0.447. The molecule has 0 spiro atoms. The Hall–Kier alpha value is -3.51. The fraction of sp³-hybridized carbons (Fsp3) is 0.0909. The van der Waals surface area contributed by atoms with E-state index in [9.17, 15) is 9.90 Å². The van der Waals surface area contributed by atoms with E-state index in [2.05, 4.69) is 10.5 Å². The molecule has 1 amide bonds. The summed E-state index contributed by atoms with van der Waals surface area (Å²) in [5, 5.41) is 14.3. The molecule has 0 atom stereocenters. The van der Waals surface area contributed by atoms with Gasteiger partial charge in [0.1, 0.15) is 12.4 Å². The second-order valence-electron chi connectivity index (χ2n) is 6.05. The maximum absolute atomic E-state index is 12.0. The molecule has 0 fully saturated rings. The molecule has 3 rings (SSSR count). The molecule has 0 saturated carbocycles. The van der Waals surface area contributed by atoms with Crippen LogP contribution in [0.2, 0.25) is 5.02 Å². The van der Waals surface area contributed by atoms with Gasteiger partial charge in [-0.2, -0.15) is 5.10 Å². The number of carbonyl (C=O) groups is 1. The highest BCUT2D eigenvalue weighted by molar-refractivity contribution is 6.30. The summed E-state index contributed by atoms with van der Waals surface area (Å²) in [7, 11) is 1.54. The number of aromatic hydroxyl groups is 1.